The molecule has 1 amide bonds. The summed E-state index contributed by atoms with van der Waals surface area (Å²) in [7, 11) is 0. The smallest absolute Gasteiger partial charge is 0.350 e. The van der Waals surface area contributed by atoms with Crippen LogP contribution in [0.1, 0.15) is 29.8 Å². The van der Waals surface area contributed by atoms with E-state index in [1.54, 1.807) is 37.4 Å². The summed E-state index contributed by atoms with van der Waals surface area (Å²) in [5.74, 6) is -0.860. The number of carbonyl (C=O) groups excluding carboxylic acids is 1. The van der Waals surface area contributed by atoms with Gasteiger partial charge in [-0.15, -0.1) is 0 Å². The Hall–Kier alpha value is -3.39. The number of rotatable bonds is 5. The Bertz CT molecular complexity index is 1280. The van der Waals surface area contributed by atoms with Crippen molar-refractivity contribution in [2.45, 2.75) is 25.6 Å². The van der Waals surface area contributed by atoms with E-state index in [1.165, 1.54) is 6.07 Å². The van der Waals surface area contributed by atoms with Gasteiger partial charge in [-0.3, -0.25) is 9.78 Å². The average Bonchev–Trinajstić information content (AvgIpc) is 3.21. The summed E-state index contributed by atoms with van der Waals surface area (Å²) in [5, 5.41) is 7.63. The maximum absolute atomic E-state index is 13.3. The van der Waals surface area contributed by atoms with Crippen LogP contribution in [0.5, 0.6) is 0 Å². The molecule has 2 heterocycles. The highest BCUT2D eigenvalue weighted by Crippen LogP contribution is 2.30. The van der Waals surface area contributed by atoms with Crippen molar-refractivity contribution in [1.29, 1.82) is 0 Å². The number of halogens is 4. The van der Waals surface area contributed by atoms with Gasteiger partial charge < -0.3 is 5.32 Å². The van der Waals surface area contributed by atoms with Gasteiger partial charge in [0.05, 0.1) is 29.4 Å². The Labute approximate surface area is 186 Å². The van der Waals surface area contributed by atoms with Crippen molar-refractivity contribution in [2.75, 3.05) is 0 Å². The third kappa shape index (κ3) is 4.45. The fourth-order valence-electron chi connectivity index (χ4n) is 3.49. The molecule has 4 aromatic rings. The number of aromatic nitrogens is 3. The first-order valence-corrected chi connectivity index (χ1v) is 10.2. The number of benzene rings is 2. The zero-order valence-corrected chi connectivity index (χ0v) is 17.7. The van der Waals surface area contributed by atoms with E-state index in [9.17, 15) is 18.0 Å². The summed E-state index contributed by atoms with van der Waals surface area (Å²) in [6.45, 7) is 1.61. The molecule has 0 bridgehead atoms. The summed E-state index contributed by atoms with van der Waals surface area (Å²) in [5.41, 5.74) is 1.05. The summed E-state index contributed by atoms with van der Waals surface area (Å²) in [4.78, 5) is 17.2. The molecule has 0 radical (unpaired) electrons. The Kier molecular flexibility index (Phi) is 5.88. The molecule has 2 aromatic heterocycles. The van der Waals surface area contributed by atoms with E-state index in [2.05, 4.69) is 15.4 Å². The van der Waals surface area contributed by atoms with Crippen LogP contribution in [0, 0.1) is 0 Å². The van der Waals surface area contributed by atoms with Crippen LogP contribution in [0.25, 0.3) is 16.6 Å². The van der Waals surface area contributed by atoms with Crippen LogP contribution < -0.4 is 5.32 Å². The molecule has 0 saturated heterocycles. The van der Waals surface area contributed by atoms with Crippen molar-refractivity contribution in [3.8, 4) is 5.69 Å². The maximum Gasteiger partial charge on any atom is 0.435 e. The third-order valence-corrected chi connectivity index (χ3v) is 5.34. The van der Waals surface area contributed by atoms with Crippen LogP contribution in [0.3, 0.4) is 0 Å². The highest BCUT2D eigenvalue weighted by Gasteiger charge is 2.35. The van der Waals surface area contributed by atoms with E-state index in [0.29, 0.717) is 10.7 Å². The van der Waals surface area contributed by atoms with E-state index in [1.807, 2.05) is 24.3 Å². The van der Waals surface area contributed by atoms with Crippen molar-refractivity contribution in [3.63, 3.8) is 0 Å². The largest absolute Gasteiger partial charge is 0.435 e. The third-order valence-electron chi connectivity index (χ3n) is 5.11. The number of hydrogen-bond acceptors (Lipinski definition) is 3. The number of carbonyl (C=O) groups is 1. The molecule has 32 heavy (non-hydrogen) atoms. The Morgan fingerprint density at radius 1 is 1.12 bits per heavy atom. The number of fused-ring (bicyclic) bond motifs is 1. The van der Waals surface area contributed by atoms with Gasteiger partial charge in [0.25, 0.3) is 0 Å². The molecule has 0 fully saturated rings. The zero-order valence-electron chi connectivity index (χ0n) is 16.9. The van der Waals surface area contributed by atoms with Crippen LogP contribution in [-0.4, -0.2) is 20.7 Å². The molecular formula is C23H18ClF3N4O. The first-order chi connectivity index (χ1) is 15.2. The van der Waals surface area contributed by atoms with Crippen molar-refractivity contribution in [2.24, 2.45) is 0 Å². The van der Waals surface area contributed by atoms with Gasteiger partial charge in [-0.05, 0) is 48.9 Å². The molecule has 1 N–H and O–H groups in total. The molecule has 9 heteroatoms. The number of hydrogen-bond donors (Lipinski definition) is 1. The molecule has 1 unspecified atom stereocenters. The molecule has 0 saturated carbocycles. The molecule has 164 valence electrons. The molecule has 0 spiro atoms. The lowest BCUT2D eigenvalue weighted by Crippen LogP contribution is -2.28. The molecule has 5 nitrogen and oxygen atoms in total. The highest BCUT2D eigenvalue weighted by atomic mass is 35.5. The van der Waals surface area contributed by atoms with Gasteiger partial charge in [0.15, 0.2) is 5.69 Å². The van der Waals surface area contributed by atoms with Crippen LogP contribution >= 0.6 is 11.6 Å². The molecule has 0 aliphatic carbocycles. The lowest BCUT2D eigenvalue weighted by Gasteiger charge is -2.15. The minimum atomic E-state index is -4.62. The second-order valence-electron chi connectivity index (χ2n) is 7.27. The molecular weight excluding hydrogens is 441 g/mol. The lowest BCUT2D eigenvalue weighted by atomic mass is 9.96. The Morgan fingerprint density at radius 3 is 2.66 bits per heavy atom. The lowest BCUT2D eigenvalue weighted by molar-refractivity contribution is -0.141. The minimum absolute atomic E-state index is 0.137. The minimum Gasteiger partial charge on any atom is -0.350 e. The average molecular weight is 459 g/mol. The van der Waals surface area contributed by atoms with Gasteiger partial charge in [-0.2, -0.15) is 18.3 Å². The van der Waals surface area contributed by atoms with E-state index >= 15 is 0 Å². The number of nitrogens with one attached hydrogen (secondary N) is 1. The van der Waals surface area contributed by atoms with Crippen LogP contribution in [0.4, 0.5) is 13.2 Å². The number of alkyl halides is 3. The SMILES string of the molecule is CC(C(=O)NCc1cc(C(F)(F)F)nn1-c1cccc(Cl)c1)c1cccc2ncccc12. The first-order valence-electron chi connectivity index (χ1n) is 9.77. The molecule has 4 rings (SSSR count). The topological polar surface area (TPSA) is 59.8 Å². The van der Waals surface area contributed by atoms with Crippen molar-refractivity contribution in [1.82, 2.24) is 20.1 Å². The van der Waals surface area contributed by atoms with Gasteiger partial charge in [0.1, 0.15) is 0 Å². The van der Waals surface area contributed by atoms with E-state index in [0.717, 1.165) is 27.2 Å². The maximum atomic E-state index is 13.3. The van der Waals surface area contributed by atoms with E-state index < -0.39 is 17.8 Å². The van der Waals surface area contributed by atoms with Crippen LogP contribution in [0.2, 0.25) is 5.02 Å². The monoisotopic (exact) mass is 458 g/mol. The standard InChI is InChI=1S/C23H18ClF3N4O/c1-14(18-7-3-9-20-19(18)8-4-10-28-20)22(32)29-13-17-12-21(23(25,26)27)30-31(17)16-6-2-5-15(24)11-16/h2-12,14H,13H2,1H3,(H,29,32). The van der Waals surface area contributed by atoms with Crippen molar-refractivity contribution in [3.05, 3.63) is 88.8 Å². The predicted molar refractivity (Wildman–Crippen MR) is 116 cm³/mol. The fourth-order valence-corrected chi connectivity index (χ4v) is 3.68. The molecule has 0 aliphatic heterocycles. The summed E-state index contributed by atoms with van der Waals surface area (Å²) in [6.07, 6.45) is -2.95. The number of nitrogens with zero attached hydrogens (tertiary/aromatic N) is 3. The normalized spacial score (nSPS) is 12.7. The second kappa shape index (κ2) is 8.63. The van der Waals surface area contributed by atoms with E-state index in [4.69, 9.17) is 11.6 Å². The highest BCUT2D eigenvalue weighted by molar-refractivity contribution is 6.30. The summed E-state index contributed by atoms with van der Waals surface area (Å²) in [6, 6.07) is 16.4. The Balaban J connectivity index is 1.60. The Morgan fingerprint density at radius 2 is 1.91 bits per heavy atom. The molecule has 1 atom stereocenters. The quantitative estimate of drug-likeness (QED) is 0.429. The number of amides is 1. The van der Waals surface area contributed by atoms with Crippen molar-refractivity contribution < 1.29 is 18.0 Å². The number of pyridine rings is 1. The molecule has 0 aliphatic rings. The predicted octanol–water partition coefficient (Wildman–Crippen LogP) is 5.51. The van der Waals surface area contributed by atoms with Crippen LogP contribution in [0.15, 0.2) is 66.9 Å². The first kappa shape index (κ1) is 21.8. The van der Waals surface area contributed by atoms with Gasteiger partial charge in [0.2, 0.25) is 5.91 Å². The fraction of sp³-hybridized carbons (Fsp3) is 0.174. The van der Waals surface area contributed by atoms with Crippen LogP contribution in [-0.2, 0) is 17.5 Å². The molecule has 2 aromatic carbocycles. The van der Waals surface area contributed by atoms with Gasteiger partial charge >= 0.3 is 6.18 Å². The van der Waals surface area contributed by atoms with Crippen molar-refractivity contribution >= 4 is 28.4 Å². The summed E-state index contributed by atoms with van der Waals surface area (Å²) >= 11 is 5.99. The van der Waals surface area contributed by atoms with Gasteiger partial charge in [0, 0.05) is 16.6 Å². The van der Waals surface area contributed by atoms with Gasteiger partial charge in [-0.1, -0.05) is 35.9 Å². The van der Waals surface area contributed by atoms with E-state index in [-0.39, 0.29) is 18.1 Å². The summed E-state index contributed by atoms with van der Waals surface area (Å²) < 4.78 is 41.0. The zero-order chi connectivity index (χ0) is 22.9. The van der Waals surface area contributed by atoms with Gasteiger partial charge in [-0.25, -0.2) is 4.68 Å². The second-order valence-corrected chi connectivity index (χ2v) is 7.70.